The van der Waals surface area contributed by atoms with Crippen molar-refractivity contribution < 1.29 is 19.2 Å². The Morgan fingerprint density at radius 2 is 1.75 bits per heavy atom. The molecule has 0 N–H and O–H groups in total. The summed E-state index contributed by atoms with van der Waals surface area (Å²) in [7, 11) is 3.59. The fraction of sp³-hybridized carbons (Fsp3) is 0.833. The lowest BCUT2D eigenvalue weighted by Crippen LogP contribution is -2.49. The van der Waals surface area contributed by atoms with E-state index < -0.39 is 5.97 Å². The highest BCUT2D eigenvalue weighted by Gasteiger charge is 2.27. The third-order valence-corrected chi connectivity index (χ3v) is 3.14. The average Bonchev–Trinajstić information content (AvgIpc) is 2.12. The van der Waals surface area contributed by atoms with E-state index in [0.29, 0.717) is 13.0 Å². The van der Waals surface area contributed by atoms with E-state index in [1.165, 1.54) is 0 Å². The summed E-state index contributed by atoms with van der Waals surface area (Å²) in [6.07, 6.45) is 1.22. The van der Waals surface area contributed by atoms with E-state index in [4.69, 9.17) is 0 Å². The smallest absolute Gasteiger partial charge is 0.144 e. The van der Waals surface area contributed by atoms with E-state index in [9.17, 15) is 14.7 Å². The van der Waals surface area contributed by atoms with Gasteiger partial charge in [-0.15, -0.1) is 0 Å². The number of hydrogen-bond acceptors (Lipinski definition) is 3. The van der Waals surface area contributed by atoms with E-state index in [1.807, 2.05) is 20.8 Å². The van der Waals surface area contributed by atoms with Crippen LogP contribution in [-0.2, 0) is 9.59 Å². The number of aliphatic carboxylic acids is 1. The Balaban J connectivity index is 4.25. The van der Waals surface area contributed by atoms with E-state index in [2.05, 4.69) is 0 Å². The van der Waals surface area contributed by atoms with Gasteiger partial charge in [0.2, 0.25) is 0 Å². The molecule has 0 spiro atoms. The van der Waals surface area contributed by atoms with Crippen LogP contribution in [0, 0.1) is 5.41 Å². The first-order chi connectivity index (χ1) is 7.10. The molecule has 0 saturated heterocycles. The van der Waals surface area contributed by atoms with Crippen LogP contribution < -0.4 is 5.11 Å². The Morgan fingerprint density at radius 1 is 1.25 bits per heavy atom. The van der Waals surface area contributed by atoms with Gasteiger partial charge in [-0.1, -0.05) is 20.8 Å². The molecule has 0 unspecified atom stereocenters. The largest absolute Gasteiger partial charge is 0.544 e. The molecule has 0 aliphatic rings. The standard InChI is InChI=1S/C12H23NO3/c1-6-12(2,3)10(14)7-8-13(4,5)9-11(15)16/h6-9H2,1-5H3. The van der Waals surface area contributed by atoms with Crippen molar-refractivity contribution in [2.24, 2.45) is 5.41 Å². The molecule has 0 aliphatic carbocycles. The zero-order valence-electron chi connectivity index (χ0n) is 11.0. The minimum absolute atomic E-state index is 0.0557. The molecule has 0 saturated carbocycles. The molecule has 0 bridgehead atoms. The number of ketones is 1. The van der Waals surface area contributed by atoms with E-state index in [-0.39, 0.29) is 22.2 Å². The molecule has 0 fully saturated rings. The molecule has 0 aromatic rings. The molecule has 0 aromatic carbocycles. The molecule has 0 heterocycles. The molecular formula is C12H23NO3. The monoisotopic (exact) mass is 229 g/mol. The normalized spacial score (nSPS) is 12.6. The molecule has 16 heavy (non-hydrogen) atoms. The van der Waals surface area contributed by atoms with Crippen LogP contribution in [0.5, 0.6) is 0 Å². The van der Waals surface area contributed by atoms with Crippen molar-refractivity contribution in [2.45, 2.75) is 33.6 Å². The Hall–Kier alpha value is -0.900. The first-order valence-electron chi connectivity index (χ1n) is 5.66. The average molecular weight is 229 g/mol. The van der Waals surface area contributed by atoms with Gasteiger partial charge < -0.3 is 14.4 Å². The van der Waals surface area contributed by atoms with Crippen LogP contribution in [0.25, 0.3) is 0 Å². The third kappa shape index (κ3) is 5.26. The Morgan fingerprint density at radius 3 is 2.12 bits per heavy atom. The minimum atomic E-state index is -1.08. The summed E-state index contributed by atoms with van der Waals surface area (Å²) in [5, 5.41) is 10.5. The second-order valence-electron chi connectivity index (χ2n) is 5.60. The lowest BCUT2D eigenvalue weighted by Gasteiger charge is -2.31. The van der Waals surface area contributed by atoms with Crippen LogP contribution in [0.4, 0.5) is 0 Å². The number of carboxylic acid groups (broad SMARTS) is 1. The molecule has 4 heteroatoms. The topological polar surface area (TPSA) is 57.2 Å². The Bertz CT molecular complexity index is 269. The lowest BCUT2D eigenvalue weighted by molar-refractivity contribution is -0.884. The highest BCUT2D eigenvalue weighted by atomic mass is 16.4. The van der Waals surface area contributed by atoms with E-state index in [1.54, 1.807) is 14.1 Å². The number of carbonyl (C=O) groups excluding carboxylic acids is 2. The molecular weight excluding hydrogens is 206 g/mol. The molecule has 94 valence electrons. The van der Waals surface area contributed by atoms with Crippen LogP contribution in [0.2, 0.25) is 0 Å². The molecule has 4 nitrogen and oxygen atoms in total. The zero-order chi connectivity index (χ0) is 13.0. The third-order valence-electron chi connectivity index (χ3n) is 3.14. The van der Waals surface area contributed by atoms with Gasteiger partial charge in [-0.3, -0.25) is 4.79 Å². The molecule has 0 rings (SSSR count). The second-order valence-corrected chi connectivity index (χ2v) is 5.60. The molecule has 0 amide bonds. The highest BCUT2D eigenvalue weighted by Crippen LogP contribution is 2.22. The fourth-order valence-electron chi connectivity index (χ4n) is 1.37. The van der Waals surface area contributed by atoms with Crippen molar-refractivity contribution in [2.75, 3.05) is 27.2 Å². The van der Waals surface area contributed by atoms with Crippen molar-refractivity contribution >= 4 is 11.8 Å². The Labute approximate surface area is 97.8 Å². The van der Waals surface area contributed by atoms with Gasteiger partial charge in [0.15, 0.2) is 0 Å². The van der Waals surface area contributed by atoms with Crippen molar-refractivity contribution in [1.29, 1.82) is 0 Å². The first-order valence-corrected chi connectivity index (χ1v) is 5.66. The van der Waals surface area contributed by atoms with Crippen molar-refractivity contribution in [3.63, 3.8) is 0 Å². The SMILES string of the molecule is CCC(C)(C)C(=O)CC[N+](C)(C)CC(=O)[O-]. The molecule has 0 aliphatic heterocycles. The van der Waals surface area contributed by atoms with Crippen LogP contribution >= 0.6 is 0 Å². The zero-order valence-corrected chi connectivity index (χ0v) is 11.0. The van der Waals surface area contributed by atoms with Gasteiger partial charge >= 0.3 is 0 Å². The summed E-state index contributed by atoms with van der Waals surface area (Å²) in [4.78, 5) is 22.4. The number of rotatable bonds is 7. The predicted octanol–water partition coefficient (Wildman–Crippen LogP) is 0.208. The number of nitrogens with zero attached hydrogens (tertiary/aromatic N) is 1. The van der Waals surface area contributed by atoms with E-state index >= 15 is 0 Å². The van der Waals surface area contributed by atoms with Gasteiger partial charge in [0.05, 0.1) is 33.0 Å². The molecule has 0 atom stereocenters. The van der Waals surface area contributed by atoms with Gasteiger partial charge in [0, 0.05) is 5.41 Å². The fourth-order valence-corrected chi connectivity index (χ4v) is 1.37. The van der Waals surface area contributed by atoms with E-state index in [0.717, 1.165) is 6.42 Å². The number of Topliss-reactive ketones (excluding diaryl/α,β-unsaturated/α-hetero) is 1. The summed E-state index contributed by atoms with van der Waals surface area (Å²) >= 11 is 0. The first kappa shape index (κ1) is 15.1. The summed E-state index contributed by atoms with van der Waals surface area (Å²) in [6.45, 7) is 6.32. The summed E-state index contributed by atoms with van der Waals surface area (Å²) in [6, 6.07) is 0. The number of carbonyl (C=O) groups is 2. The van der Waals surface area contributed by atoms with Gasteiger partial charge in [-0.05, 0) is 6.42 Å². The number of hydrogen-bond donors (Lipinski definition) is 0. The van der Waals surface area contributed by atoms with Gasteiger partial charge in [0.1, 0.15) is 12.3 Å². The van der Waals surface area contributed by atoms with Gasteiger partial charge in [-0.25, -0.2) is 0 Å². The maximum absolute atomic E-state index is 11.9. The van der Waals surface area contributed by atoms with Crippen LogP contribution in [0.15, 0.2) is 0 Å². The molecule has 0 radical (unpaired) electrons. The van der Waals surface area contributed by atoms with Gasteiger partial charge in [-0.2, -0.15) is 0 Å². The van der Waals surface area contributed by atoms with Crippen molar-refractivity contribution in [1.82, 2.24) is 0 Å². The summed E-state index contributed by atoms with van der Waals surface area (Å²) in [5.41, 5.74) is -0.304. The number of carboxylic acids is 1. The van der Waals surface area contributed by atoms with Crippen LogP contribution in [0.3, 0.4) is 0 Å². The summed E-state index contributed by atoms with van der Waals surface area (Å²) < 4.78 is 0.286. The maximum atomic E-state index is 11.9. The van der Waals surface area contributed by atoms with Crippen molar-refractivity contribution in [3.8, 4) is 0 Å². The van der Waals surface area contributed by atoms with Crippen molar-refractivity contribution in [3.05, 3.63) is 0 Å². The molecule has 0 aromatic heterocycles. The Kier molecular flexibility index (Phi) is 5.13. The minimum Gasteiger partial charge on any atom is -0.544 e. The lowest BCUT2D eigenvalue weighted by atomic mass is 9.84. The predicted molar refractivity (Wildman–Crippen MR) is 60.5 cm³/mol. The highest BCUT2D eigenvalue weighted by molar-refractivity contribution is 5.84. The quantitative estimate of drug-likeness (QED) is 0.586. The van der Waals surface area contributed by atoms with Crippen LogP contribution in [0.1, 0.15) is 33.6 Å². The van der Waals surface area contributed by atoms with Gasteiger partial charge in [0.25, 0.3) is 0 Å². The number of likely N-dealkylation sites (N-methyl/N-ethyl adjacent to an activating group) is 1. The number of quaternary nitrogens is 1. The van der Waals surface area contributed by atoms with Crippen LogP contribution in [-0.4, -0.2) is 43.4 Å². The maximum Gasteiger partial charge on any atom is 0.144 e. The second kappa shape index (κ2) is 5.43. The summed E-state index contributed by atoms with van der Waals surface area (Å²) in [5.74, 6) is -0.883.